The van der Waals surface area contributed by atoms with Gasteiger partial charge in [0.15, 0.2) is 0 Å². The zero-order valence-corrected chi connectivity index (χ0v) is 16.7. The molecule has 2 amide bonds. The number of ether oxygens (including phenoxy) is 2. The van der Waals surface area contributed by atoms with Crippen LogP contribution in [0, 0.1) is 11.8 Å². The number of nitrogens with zero attached hydrogens (tertiary/aromatic N) is 1. The summed E-state index contributed by atoms with van der Waals surface area (Å²) in [6, 6.07) is 7.50. The second-order valence-corrected chi connectivity index (χ2v) is 7.93. The van der Waals surface area contributed by atoms with Gasteiger partial charge in [-0.1, -0.05) is 42.0 Å². The highest BCUT2D eigenvalue weighted by Gasteiger charge is 2.66. The highest BCUT2D eigenvalue weighted by molar-refractivity contribution is 6.31. The van der Waals surface area contributed by atoms with Crippen LogP contribution in [0.2, 0.25) is 5.02 Å². The lowest BCUT2D eigenvalue weighted by molar-refractivity contribution is -0.137. The highest BCUT2D eigenvalue weighted by Crippen LogP contribution is 2.52. The van der Waals surface area contributed by atoms with Crippen LogP contribution >= 0.6 is 11.6 Å². The Hall–Kier alpha value is -1.89. The largest absolute Gasteiger partial charge is 0.382 e. The van der Waals surface area contributed by atoms with Gasteiger partial charge in [-0.05, 0) is 25.0 Å². The maximum atomic E-state index is 13.2. The molecule has 6 nitrogen and oxygen atoms in total. The maximum Gasteiger partial charge on any atom is 0.230 e. The Balaban J connectivity index is 1.45. The lowest BCUT2D eigenvalue weighted by Gasteiger charge is -2.23. The van der Waals surface area contributed by atoms with Gasteiger partial charge >= 0.3 is 0 Å². The lowest BCUT2D eigenvalue weighted by atomic mass is 9.77. The molecule has 3 aliphatic heterocycles. The molecule has 0 unspecified atom stereocenters. The van der Waals surface area contributed by atoms with Crippen molar-refractivity contribution in [1.82, 2.24) is 10.2 Å². The summed E-state index contributed by atoms with van der Waals surface area (Å²) in [4.78, 5) is 27.8. The van der Waals surface area contributed by atoms with Crippen LogP contribution in [0.15, 0.2) is 36.4 Å². The lowest BCUT2D eigenvalue weighted by Crippen LogP contribution is -2.44. The molecule has 0 aromatic heterocycles. The first-order valence-electron chi connectivity index (χ1n) is 9.80. The Labute approximate surface area is 169 Å². The minimum absolute atomic E-state index is 0.0405. The molecule has 4 rings (SSSR count). The van der Waals surface area contributed by atoms with Gasteiger partial charge in [-0.15, -0.1) is 0 Å². The third-order valence-corrected chi connectivity index (χ3v) is 6.14. The highest BCUT2D eigenvalue weighted by atomic mass is 35.5. The van der Waals surface area contributed by atoms with Gasteiger partial charge in [0.2, 0.25) is 11.8 Å². The summed E-state index contributed by atoms with van der Waals surface area (Å²) in [7, 11) is 0. The SMILES string of the molecule is CCOCCCNC(=O)[C@@H]1[C@@H]2C=C[C@]3(CN(Cc4ccccc4Cl)C(=O)[C@H]13)O2. The molecule has 2 bridgehead atoms. The van der Waals surface area contributed by atoms with Crippen molar-refractivity contribution in [3.8, 4) is 0 Å². The smallest absolute Gasteiger partial charge is 0.230 e. The first-order chi connectivity index (χ1) is 13.6. The average molecular weight is 405 g/mol. The number of hydrogen-bond acceptors (Lipinski definition) is 4. The Morgan fingerprint density at radius 3 is 3.04 bits per heavy atom. The standard InChI is InChI=1S/C21H25ClN2O4/c1-2-27-11-5-10-23-19(25)17-16-8-9-21(28-16)13-24(20(26)18(17)21)12-14-6-3-4-7-15(14)22/h3-4,6-9,16-18H,2,5,10-13H2,1H3,(H,23,25)/t16-,17+,18-,21+/m0/s1. The van der Waals surface area contributed by atoms with Gasteiger partial charge in [0, 0.05) is 31.3 Å². The second kappa shape index (κ2) is 7.85. The normalized spacial score (nSPS) is 30.1. The van der Waals surface area contributed by atoms with Crippen LogP contribution < -0.4 is 5.32 Å². The summed E-state index contributed by atoms with van der Waals surface area (Å²) in [6.45, 7) is 4.61. The van der Waals surface area contributed by atoms with Gasteiger partial charge in [0.1, 0.15) is 5.60 Å². The molecule has 3 aliphatic rings. The van der Waals surface area contributed by atoms with Gasteiger partial charge in [-0.3, -0.25) is 9.59 Å². The molecule has 28 heavy (non-hydrogen) atoms. The molecule has 0 saturated carbocycles. The average Bonchev–Trinajstić information content (AvgIpc) is 3.32. The van der Waals surface area contributed by atoms with Crippen LogP contribution in [0.3, 0.4) is 0 Å². The van der Waals surface area contributed by atoms with Gasteiger partial charge in [-0.25, -0.2) is 0 Å². The van der Waals surface area contributed by atoms with Crippen LogP contribution in [0.4, 0.5) is 0 Å². The zero-order valence-electron chi connectivity index (χ0n) is 15.9. The quantitative estimate of drug-likeness (QED) is 0.532. The summed E-state index contributed by atoms with van der Waals surface area (Å²) in [5.41, 5.74) is 0.195. The molecule has 7 heteroatoms. The van der Waals surface area contributed by atoms with Crippen LogP contribution in [-0.4, -0.2) is 54.7 Å². The van der Waals surface area contributed by atoms with Crippen LogP contribution in [0.1, 0.15) is 18.9 Å². The van der Waals surface area contributed by atoms with Crippen LogP contribution in [-0.2, 0) is 25.6 Å². The van der Waals surface area contributed by atoms with Crippen molar-refractivity contribution in [2.24, 2.45) is 11.8 Å². The van der Waals surface area contributed by atoms with Gasteiger partial charge < -0.3 is 19.7 Å². The summed E-state index contributed by atoms with van der Waals surface area (Å²) in [5.74, 6) is -1.12. The minimum atomic E-state index is -0.698. The van der Waals surface area contributed by atoms with E-state index in [4.69, 9.17) is 21.1 Å². The number of carbonyl (C=O) groups excluding carboxylic acids is 2. The number of hydrogen-bond donors (Lipinski definition) is 1. The third kappa shape index (κ3) is 3.34. The van der Waals surface area contributed by atoms with E-state index in [2.05, 4.69) is 5.32 Å². The first-order valence-corrected chi connectivity index (χ1v) is 10.2. The molecule has 4 atom stereocenters. The van der Waals surface area contributed by atoms with Crippen molar-refractivity contribution in [3.63, 3.8) is 0 Å². The molecule has 0 aliphatic carbocycles. The fourth-order valence-corrected chi connectivity index (χ4v) is 4.69. The Bertz CT molecular complexity index is 798. The Kier molecular flexibility index (Phi) is 5.45. The zero-order chi connectivity index (χ0) is 19.7. The van der Waals surface area contributed by atoms with E-state index in [1.165, 1.54) is 0 Å². The summed E-state index contributed by atoms with van der Waals surface area (Å²) in [6.07, 6.45) is 4.30. The number of likely N-dealkylation sites (tertiary alicyclic amines) is 1. The van der Waals surface area contributed by atoms with Gasteiger partial charge in [0.05, 0.1) is 24.5 Å². The predicted molar refractivity (Wildman–Crippen MR) is 105 cm³/mol. The monoisotopic (exact) mass is 404 g/mol. The maximum absolute atomic E-state index is 13.2. The molecule has 1 N–H and O–H groups in total. The third-order valence-electron chi connectivity index (χ3n) is 5.77. The number of carbonyl (C=O) groups is 2. The van der Waals surface area contributed by atoms with E-state index in [0.717, 1.165) is 12.0 Å². The fraction of sp³-hybridized carbons (Fsp3) is 0.524. The topological polar surface area (TPSA) is 67.9 Å². The number of rotatable bonds is 8. The van der Waals surface area contributed by atoms with Gasteiger partial charge in [-0.2, -0.15) is 0 Å². The van der Waals surface area contributed by atoms with Crippen LogP contribution in [0.5, 0.6) is 0 Å². The van der Waals surface area contributed by atoms with Crippen LogP contribution in [0.25, 0.3) is 0 Å². The molecule has 1 aromatic carbocycles. The summed E-state index contributed by atoms with van der Waals surface area (Å²) >= 11 is 6.26. The summed E-state index contributed by atoms with van der Waals surface area (Å²) in [5, 5.41) is 3.58. The first kappa shape index (κ1) is 19.4. The van der Waals surface area contributed by atoms with E-state index < -0.39 is 17.4 Å². The number of benzene rings is 1. The molecular weight excluding hydrogens is 380 g/mol. The Morgan fingerprint density at radius 1 is 1.43 bits per heavy atom. The van der Waals surface area contributed by atoms with Crippen molar-refractivity contribution >= 4 is 23.4 Å². The molecule has 2 saturated heterocycles. The minimum Gasteiger partial charge on any atom is -0.382 e. The van der Waals surface area contributed by atoms with Crippen molar-refractivity contribution in [3.05, 3.63) is 47.0 Å². The van der Waals surface area contributed by atoms with Crippen molar-refractivity contribution < 1.29 is 19.1 Å². The molecule has 1 spiro atoms. The van der Waals surface area contributed by atoms with Crippen molar-refractivity contribution in [1.29, 1.82) is 0 Å². The number of amides is 2. The number of fused-ring (bicyclic) bond motifs is 1. The van der Waals surface area contributed by atoms with E-state index >= 15 is 0 Å². The predicted octanol–water partition coefficient (Wildman–Crippen LogP) is 2.16. The second-order valence-electron chi connectivity index (χ2n) is 7.53. The fourth-order valence-electron chi connectivity index (χ4n) is 4.49. The molecule has 0 radical (unpaired) electrons. The van der Waals surface area contributed by atoms with E-state index in [1.54, 1.807) is 4.90 Å². The van der Waals surface area contributed by atoms with E-state index in [9.17, 15) is 9.59 Å². The molecule has 1 aromatic rings. The van der Waals surface area contributed by atoms with E-state index in [1.807, 2.05) is 43.3 Å². The number of halogens is 1. The molecular formula is C21H25ClN2O4. The molecule has 2 fully saturated rings. The van der Waals surface area contributed by atoms with Crippen molar-refractivity contribution in [2.75, 3.05) is 26.3 Å². The van der Waals surface area contributed by atoms with Crippen molar-refractivity contribution in [2.45, 2.75) is 31.6 Å². The molecule has 150 valence electrons. The van der Waals surface area contributed by atoms with E-state index in [0.29, 0.717) is 37.9 Å². The summed E-state index contributed by atoms with van der Waals surface area (Å²) < 4.78 is 11.4. The molecule has 3 heterocycles. The van der Waals surface area contributed by atoms with Gasteiger partial charge in [0.25, 0.3) is 0 Å². The Morgan fingerprint density at radius 2 is 2.25 bits per heavy atom. The number of nitrogens with one attached hydrogen (secondary N) is 1. The van der Waals surface area contributed by atoms with E-state index in [-0.39, 0.29) is 17.9 Å².